The second kappa shape index (κ2) is 17.2. The minimum atomic E-state index is -4.28. The van der Waals surface area contributed by atoms with Gasteiger partial charge in [-0.25, -0.2) is 8.42 Å². The van der Waals surface area contributed by atoms with Gasteiger partial charge in [-0.1, -0.05) is 91.1 Å². The minimum Gasteiger partial charge on any atom is -0.493 e. The number of hydrogen-bond acceptors (Lipinski definition) is 6. The molecule has 12 heteroatoms. The number of nitrogens with zero attached hydrogens (tertiary/aromatic N) is 2. The first kappa shape index (κ1) is 36.6. The van der Waals surface area contributed by atoms with Gasteiger partial charge in [0.2, 0.25) is 11.8 Å². The fourth-order valence-electron chi connectivity index (χ4n) is 5.12. The fourth-order valence-corrected chi connectivity index (χ4v) is 6.87. The van der Waals surface area contributed by atoms with Crippen molar-refractivity contribution in [2.45, 2.75) is 43.7 Å². The van der Waals surface area contributed by atoms with E-state index in [1.807, 2.05) is 37.3 Å². The van der Waals surface area contributed by atoms with Gasteiger partial charge in [0.25, 0.3) is 10.0 Å². The van der Waals surface area contributed by atoms with Crippen LogP contribution < -0.4 is 19.1 Å². The number of ether oxygens (including phenoxy) is 2. The largest absolute Gasteiger partial charge is 0.493 e. The average molecular weight is 713 g/mol. The monoisotopic (exact) mass is 711 g/mol. The Kier molecular flexibility index (Phi) is 13.1. The van der Waals surface area contributed by atoms with Crippen LogP contribution in [0.1, 0.15) is 30.9 Å². The van der Waals surface area contributed by atoms with Crippen LogP contribution in [-0.2, 0) is 32.6 Å². The van der Waals surface area contributed by atoms with Crippen molar-refractivity contribution in [3.05, 3.63) is 118 Å². The van der Waals surface area contributed by atoms with E-state index >= 15 is 0 Å². The number of unbranched alkanes of at least 4 members (excludes halogenated alkanes) is 1. The standard InChI is InChI=1S/C36H39Cl2N3O6S/c1-4-5-20-39-36(43)32(22-26-12-8-6-9-13-26)40(24-27-16-18-30(37)31(38)21-27)35(42)25-41(48(44,45)29-14-10-7-11-15-29)28-17-19-33(46-2)34(23-28)47-3/h6-19,21,23,32H,4-5,20,22,24-25H2,1-3H3,(H,39,43)/t32-/m0/s1. The van der Waals surface area contributed by atoms with Gasteiger partial charge >= 0.3 is 0 Å². The molecule has 0 heterocycles. The molecule has 254 valence electrons. The van der Waals surface area contributed by atoms with Crippen molar-refractivity contribution < 1.29 is 27.5 Å². The SMILES string of the molecule is CCCCNC(=O)[C@H](Cc1ccccc1)N(Cc1ccc(Cl)c(Cl)c1)C(=O)CN(c1ccc(OC)c(OC)c1)S(=O)(=O)c1ccccc1. The van der Waals surface area contributed by atoms with Gasteiger partial charge < -0.3 is 19.7 Å². The lowest BCUT2D eigenvalue weighted by molar-refractivity contribution is -0.140. The van der Waals surface area contributed by atoms with Gasteiger partial charge in [-0.15, -0.1) is 0 Å². The normalized spacial score (nSPS) is 11.8. The lowest BCUT2D eigenvalue weighted by atomic mass is 10.0. The Morgan fingerprint density at radius 2 is 1.48 bits per heavy atom. The third kappa shape index (κ3) is 9.21. The van der Waals surface area contributed by atoms with E-state index in [4.69, 9.17) is 32.7 Å². The Hall–Kier alpha value is -4.25. The number of anilines is 1. The second-order valence-corrected chi connectivity index (χ2v) is 13.7. The van der Waals surface area contributed by atoms with E-state index in [1.165, 1.54) is 43.4 Å². The molecule has 0 saturated carbocycles. The van der Waals surface area contributed by atoms with Gasteiger partial charge in [-0.05, 0) is 53.9 Å². The summed E-state index contributed by atoms with van der Waals surface area (Å²) in [4.78, 5) is 29.9. The molecule has 4 aromatic rings. The smallest absolute Gasteiger partial charge is 0.264 e. The van der Waals surface area contributed by atoms with Crippen LogP contribution in [0.15, 0.2) is 102 Å². The van der Waals surface area contributed by atoms with E-state index in [0.29, 0.717) is 22.9 Å². The molecule has 0 radical (unpaired) electrons. The summed E-state index contributed by atoms with van der Waals surface area (Å²) in [7, 11) is -1.38. The van der Waals surface area contributed by atoms with Crippen molar-refractivity contribution in [3.8, 4) is 11.5 Å². The van der Waals surface area contributed by atoms with Crippen LogP contribution >= 0.6 is 23.2 Å². The molecule has 48 heavy (non-hydrogen) atoms. The van der Waals surface area contributed by atoms with Crippen molar-refractivity contribution in [1.82, 2.24) is 10.2 Å². The number of amides is 2. The van der Waals surface area contributed by atoms with Crippen molar-refractivity contribution in [2.24, 2.45) is 0 Å². The van der Waals surface area contributed by atoms with Crippen LogP contribution in [0.25, 0.3) is 0 Å². The van der Waals surface area contributed by atoms with E-state index < -0.39 is 28.5 Å². The lowest BCUT2D eigenvalue weighted by Gasteiger charge is -2.34. The number of carbonyl (C=O) groups excluding carboxylic acids is 2. The molecule has 1 atom stereocenters. The van der Waals surface area contributed by atoms with Crippen LogP contribution in [0.4, 0.5) is 5.69 Å². The molecule has 0 unspecified atom stereocenters. The Morgan fingerprint density at radius 3 is 2.10 bits per heavy atom. The Balaban J connectivity index is 1.83. The highest BCUT2D eigenvalue weighted by Gasteiger charge is 2.35. The van der Waals surface area contributed by atoms with E-state index in [1.54, 1.807) is 42.5 Å². The third-order valence-electron chi connectivity index (χ3n) is 7.70. The topological polar surface area (TPSA) is 105 Å². The van der Waals surface area contributed by atoms with Gasteiger partial charge in [0.05, 0.1) is 34.8 Å². The Bertz CT molecular complexity index is 1790. The number of carbonyl (C=O) groups is 2. The van der Waals surface area contributed by atoms with E-state index in [9.17, 15) is 18.0 Å². The molecule has 0 aliphatic rings. The number of methoxy groups -OCH3 is 2. The van der Waals surface area contributed by atoms with Crippen molar-refractivity contribution in [1.29, 1.82) is 0 Å². The van der Waals surface area contributed by atoms with Gasteiger partial charge in [0, 0.05) is 25.6 Å². The third-order valence-corrected chi connectivity index (χ3v) is 10.2. The predicted molar refractivity (Wildman–Crippen MR) is 189 cm³/mol. The molecule has 4 aromatic carbocycles. The van der Waals surface area contributed by atoms with Crippen molar-refractivity contribution in [3.63, 3.8) is 0 Å². The number of halogens is 2. The molecular formula is C36H39Cl2N3O6S. The van der Waals surface area contributed by atoms with Crippen LogP contribution in [0, 0.1) is 0 Å². The molecule has 1 N–H and O–H groups in total. The highest BCUT2D eigenvalue weighted by atomic mass is 35.5. The van der Waals surface area contributed by atoms with Crippen LogP contribution in [0.3, 0.4) is 0 Å². The summed E-state index contributed by atoms with van der Waals surface area (Å²) >= 11 is 12.5. The van der Waals surface area contributed by atoms with Crippen molar-refractivity contribution >= 4 is 50.7 Å². The molecular weight excluding hydrogens is 673 g/mol. The summed E-state index contributed by atoms with van der Waals surface area (Å²) in [6.45, 7) is 1.78. The van der Waals surface area contributed by atoms with Crippen molar-refractivity contribution in [2.75, 3.05) is 31.6 Å². The molecule has 4 rings (SSSR count). The zero-order valence-electron chi connectivity index (χ0n) is 27.1. The number of rotatable bonds is 16. The quantitative estimate of drug-likeness (QED) is 0.129. The number of hydrogen-bond donors (Lipinski definition) is 1. The molecule has 0 aliphatic carbocycles. The molecule has 2 amide bonds. The van der Waals surface area contributed by atoms with E-state index in [2.05, 4.69) is 5.32 Å². The Morgan fingerprint density at radius 1 is 0.812 bits per heavy atom. The molecule has 0 bridgehead atoms. The maximum atomic E-state index is 14.6. The molecule has 0 saturated heterocycles. The van der Waals surface area contributed by atoms with Crippen LogP contribution in [0.5, 0.6) is 11.5 Å². The summed E-state index contributed by atoms with van der Waals surface area (Å²) < 4.78 is 40.3. The van der Waals surface area contributed by atoms with Gasteiger partial charge in [-0.2, -0.15) is 0 Å². The number of benzene rings is 4. The average Bonchev–Trinajstić information content (AvgIpc) is 3.10. The zero-order chi connectivity index (χ0) is 34.7. The first-order valence-corrected chi connectivity index (χ1v) is 17.6. The summed E-state index contributed by atoms with van der Waals surface area (Å²) in [5.74, 6) is -0.301. The number of nitrogens with one attached hydrogen (secondary N) is 1. The molecule has 0 spiro atoms. The highest BCUT2D eigenvalue weighted by Crippen LogP contribution is 2.34. The van der Waals surface area contributed by atoms with E-state index in [0.717, 1.165) is 22.7 Å². The lowest BCUT2D eigenvalue weighted by Crippen LogP contribution is -2.53. The minimum absolute atomic E-state index is 0.0123. The molecule has 0 aromatic heterocycles. The summed E-state index contributed by atoms with van der Waals surface area (Å²) in [5, 5.41) is 3.59. The second-order valence-electron chi connectivity index (χ2n) is 11.0. The van der Waals surface area contributed by atoms with Crippen LogP contribution in [-0.4, -0.2) is 58.5 Å². The maximum Gasteiger partial charge on any atom is 0.264 e. The Labute approximate surface area is 292 Å². The fraction of sp³-hybridized carbons (Fsp3) is 0.278. The molecule has 0 aliphatic heterocycles. The zero-order valence-corrected chi connectivity index (χ0v) is 29.4. The first-order chi connectivity index (χ1) is 23.1. The first-order valence-electron chi connectivity index (χ1n) is 15.4. The molecule has 9 nitrogen and oxygen atoms in total. The van der Waals surface area contributed by atoms with E-state index in [-0.39, 0.29) is 40.2 Å². The maximum absolute atomic E-state index is 14.6. The number of sulfonamides is 1. The highest BCUT2D eigenvalue weighted by molar-refractivity contribution is 7.92. The summed E-state index contributed by atoms with van der Waals surface area (Å²) in [6.07, 6.45) is 1.81. The van der Waals surface area contributed by atoms with Gasteiger partial charge in [-0.3, -0.25) is 13.9 Å². The van der Waals surface area contributed by atoms with Gasteiger partial charge in [0.15, 0.2) is 11.5 Å². The predicted octanol–water partition coefficient (Wildman–Crippen LogP) is 6.76. The summed E-state index contributed by atoms with van der Waals surface area (Å²) in [5.41, 5.74) is 1.61. The summed E-state index contributed by atoms with van der Waals surface area (Å²) in [6, 6.07) is 25.8. The van der Waals surface area contributed by atoms with Crippen LogP contribution in [0.2, 0.25) is 10.0 Å². The molecule has 0 fully saturated rings. The van der Waals surface area contributed by atoms with Gasteiger partial charge in [0.1, 0.15) is 12.6 Å².